The SMILES string of the molecule is CCC(CC)(NC(=O)/C(C)=C/CNC(=O)OCC1c2ccccc2-c2ccccc21)C(=O)O. The molecule has 0 saturated carbocycles. The number of carboxylic acids is 1. The molecule has 1 aliphatic carbocycles. The summed E-state index contributed by atoms with van der Waals surface area (Å²) in [4.78, 5) is 36.2. The largest absolute Gasteiger partial charge is 0.480 e. The lowest BCUT2D eigenvalue weighted by atomic mass is 9.92. The monoisotopic (exact) mass is 450 g/mol. The van der Waals surface area contributed by atoms with Crippen LogP contribution in [0.25, 0.3) is 11.1 Å². The Morgan fingerprint density at radius 2 is 1.55 bits per heavy atom. The average Bonchev–Trinajstić information content (AvgIpc) is 3.14. The van der Waals surface area contributed by atoms with E-state index in [0.717, 1.165) is 22.3 Å². The average molecular weight is 451 g/mol. The summed E-state index contributed by atoms with van der Waals surface area (Å²) in [7, 11) is 0. The minimum Gasteiger partial charge on any atom is -0.480 e. The van der Waals surface area contributed by atoms with Gasteiger partial charge >= 0.3 is 12.1 Å². The molecule has 0 radical (unpaired) electrons. The number of nitrogens with one attached hydrogen (secondary N) is 2. The lowest BCUT2D eigenvalue weighted by molar-refractivity contribution is -0.147. The van der Waals surface area contributed by atoms with Gasteiger partial charge in [-0.05, 0) is 42.0 Å². The second-order valence-corrected chi connectivity index (χ2v) is 8.14. The summed E-state index contributed by atoms with van der Waals surface area (Å²) in [6.07, 6.45) is 1.50. The fourth-order valence-corrected chi connectivity index (χ4v) is 4.13. The molecule has 1 aliphatic rings. The van der Waals surface area contributed by atoms with Gasteiger partial charge in [0.15, 0.2) is 0 Å². The van der Waals surface area contributed by atoms with Gasteiger partial charge in [0.2, 0.25) is 5.91 Å². The van der Waals surface area contributed by atoms with Gasteiger partial charge in [-0.25, -0.2) is 9.59 Å². The first kappa shape index (κ1) is 24.0. The molecule has 0 unspecified atom stereocenters. The zero-order chi connectivity index (χ0) is 24.0. The Balaban J connectivity index is 1.54. The lowest BCUT2D eigenvalue weighted by Gasteiger charge is -2.28. The Hall–Kier alpha value is -3.61. The second-order valence-electron chi connectivity index (χ2n) is 8.14. The van der Waals surface area contributed by atoms with Crippen molar-refractivity contribution in [2.75, 3.05) is 13.2 Å². The number of benzene rings is 2. The van der Waals surface area contributed by atoms with Crippen molar-refractivity contribution >= 4 is 18.0 Å². The van der Waals surface area contributed by atoms with Crippen molar-refractivity contribution in [2.45, 2.75) is 45.1 Å². The third-order valence-electron chi connectivity index (χ3n) is 6.33. The number of fused-ring (bicyclic) bond motifs is 3. The van der Waals surface area contributed by atoms with Crippen LogP contribution in [0.1, 0.15) is 50.7 Å². The molecule has 3 rings (SSSR count). The molecule has 0 aromatic heterocycles. The highest BCUT2D eigenvalue weighted by Gasteiger charge is 2.36. The molecule has 0 fully saturated rings. The molecule has 174 valence electrons. The predicted octanol–water partition coefficient (Wildman–Crippen LogP) is 4.23. The summed E-state index contributed by atoms with van der Waals surface area (Å²) in [6, 6.07) is 16.2. The molecule has 2 amide bonds. The quantitative estimate of drug-likeness (QED) is 0.496. The highest BCUT2D eigenvalue weighted by atomic mass is 16.5. The van der Waals surface area contributed by atoms with E-state index in [1.54, 1.807) is 20.8 Å². The van der Waals surface area contributed by atoms with Gasteiger partial charge in [-0.2, -0.15) is 0 Å². The smallest absolute Gasteiger partial charge is 0.407 e. The first-order valence-electron chi connectivity index (χ1n) is 11.1. The Bertz CT molecular complexity index is 1030. The van der Waals surface area contributed by atoms with Crippen LogP contribution < -0.4 is 10.6 Å². The van der Waals surface area contributed by atoms with Gasteiger partial charge in [0.1, 0.15) is 12.1 Å². The molecule has 0 aliphatic heterocycles. The number of carbonyl (C=O) groups is 3. The van der Waals surface area contributed by atoms with Crippen molar-refractivity contribution in [2.24, 2.45) is 0 Å². The number of carboxylic acid groups (broad SMARTS) is 1. The van der Waals surface area contributed by atoms with E-state index >= 15 is 0 Å². The number of aliphatic carboxylic acids is 1. The number of carbonyl (C=O) groups excluding carboxylic acids is 2. The fourth-order valence-electron chi connectivity index (χ4n) is 4.13. The maximum atomic E-state index is 12.4. The second kappa shape index (κ2) is 10.3. The molecule has 7 heteroatoms. The Morgan fingerprint density at radius 1 is 1.00 bits per heavy atom. The molecule has 2 aromatic rings. The number of hydrogen-bond donors (Lipinski definition) is 3. The van der Waals surface area contributed by atoms with Crippen molar-refractivity contribution in [1.82, 2.24) is 10.6 Å². The van der Waals surface area contributed by atoms with Crippen molar-refractivity contribution in [1.29, 1.82) is 0 Å². The first-order valence-corrected chi connectivity index (χ1v) is 11.1. The van der Waals surface area contributed by atoms with Crippen LogP contribution in [-0.2, 0) is 14.3 Å². The Morgan fingerprint density at radius 3 is 2.06 bits per heavy atom. The summed E-state index contributed by atoms with van der Waals surface area (Å²) < 4.78 is 5.47. The van der Waals surface area contributed by atoms with E-state index in [1.165, 1.54) is 6.08 Å². The normalized spacial score (nSPS) is 13.1. The van der Waals surface area contributed by atoms with Crippen molar-refractivity contribution in [3.63, 3.8) is 0 Å². The van der Waals surface area contributed by atoms with Crippen LogP contribution in [0.5, 0.6) is 0 Å². The van der Waals surface area contributed by atoms with Gasteiger partial charge in [0.05, 0.1) is 0 Å². The number of ether oxygens (including phenoxy) is 1. The predicted molar refractivity (Wildman–Crippen MR) is 126 cm³/mol. The van der Waals surface area contributed by atoms with Crippen LogP contribution >= 0.6 is 0 Å². The minimum atomic E-state index is -1.30. The van der Waals surface area contributed by atoms with Crippen LogP contribution in [0.2, 0.25) is 0 Å². The first-order chi connectivity index (χ1) is 15.8. The maximum absolute atomic E-state index is 12.4. The Kier molecular flexibility index (Phi) is 7.53. The molecule has 33 heavy (non-hydrogen) atoms. The van der Waals surface area contributed by atoms with Gasteiger partial charge in [-0.1, -0.05) is 68.5 Å². The molecule has 3 N–H and O–H groups in total. The van der Waals surface area contributed by atoms with E-state index in [0.29, 0.717) is 5.57 Å². The fraction of sp³-hybridized carbons (Fsp3) is 0.346. The summed E-state index contributed by atoms with van der Waals surface area (Å²) in [5.74, 6) is -1.57. The number of hydrogen-bond acceptors (Lipinski definition) is 4. The summed E-state index contributed by atoms with van der Waals surface area (Å²) >= 11 is 0. The number of amides is 2. The third-order valence-corrected chi connectivity index (χ3v) is 6.33. The minimum absolute atomic E-state index is 0.0292. The van der Waals surface area contributed by atoms with Gasteiger partial charge in [-0.15, -0.1) is 0 Å². The van der Waals surface area contributed by atoms with Gasteiger partial charge in [0, 0.05) is 18.0 Å². The van der Waals surface area contributed by atoms with Gasteiger partial charge in [-0.3, -0.25) is 4.79 Å². The lowest BCUT2D eigenvalue weighted by Crippen LogP contribution is -2.54. The standard InChI is InChI=1S/C26H30N2O5/c1-4-26(5-2,24(30)31)28-23(29)17(3)14-15-27-25(32)33-16-22-20-12-8-6-10-18(20)19-11-7-9-13-21(19)22/h6-14,22H,4-5,15-16H2,1-3H3,(H,27,32)(H,28,29)(H,30,31)/b17-14+. The van der Waals surface area contributed by atoms with E-state index in [2.05, 4.69) is 34.9 Å². The molecule has 0 spiro atoms. The van der Waals surface area contributed by atoms with E-state index < -0.39 is 23.5 Å². The molecule has 0 atom stereocenters. The molecule has 0 bridgehead atoms. The topological polar surface area (TPSA) is 105 Å². The molecule has 0 heterocycles. The highest BCUT2D eigenvalue weighted by Crippen LogP contribution is 2.44. The van der Waals surface area contributed by atoms with E-state index in [1.807, 2.05) is 24.3 Å². The van der Waals surface area contributed by atoms with E-state index in [-0.39, 0.29) is 31.9 Å². The zero-order valence-corrected chi connectivity index (χ0v) is 19.2. The zero-order valence-electron chi connectivity index (χ0n) is 19.2. The molecular weight excluding hydrogens is 420 g/mol. The maximum Gasteiger partial charge on any atom is 0.407 e. The van der Waals surface area contributed by atoms with Crippen LogP contribution in [0.15, 0.2) is 60.2 Å². The van der Waals surface area contributed by atoms with E-state index in [4.69, 9.17) is 4.74 Å². The van der Waals surface area contributed by atoms with Crippen LogP contribution in [0.4, 0.5) is 4.79 Å². The van der Waals surface area contributed by atoms with Crippen LogP contribution in [0.3, 0.4) is 0 Å². The molecule has 2 aromatic carbocycles. The third kappa shape index (κ3) is 5.08. The van der Waals surface area contributed by atoms with Crippen LogP contribution in [0, 0.1) is 0 Å². The van der Waals surface area contributed by atoms with Crippen LogP contribution in [-0.4, -0.2) is 41.8 Å². The summed E-state index contributed by atoms with van der Waals surface area (Å²) in [5, 5.41) is 14.7. The van der Waals surface area contributed by atoms with E-state index in [9.17, 15) is 19.5 Å². The number of alkyl carbamates (subject to hydrolysis) is 1. The highest BCUT2D eigenvalue weighted by molar-refractivity contribution is 5.96. The Labute approximate surface area is 193 Å². The number of rotatable bonds is 9. The molecule has 7 nitrogen and oxygen atoms in total. The van der Waals surface area contributed by atoms with Crippen molar-refractivity contribution in [3.8, 4) is 11.1 Å². The summed E-state index contributed by atoms with van der Waals surface area (Å²) in [6.45, 7) is 5.31. The van der Waals surface area contributed by atoms with Gasteiger partial charge in [0.25, 0.3) is 0 Å². The van der Waals surface area contributed by atoms with Gasteiger partial charge < -0.3 is 20.5 Å². The summed E-state index contributed by atoms with van der Waals surface area (Å²) in [5.41, 5.74) is 3.60. The van der Waals surface area contributed by atoms with Crippen molar-refractivity contribution < 1.29 is 24.2 Å². The molecular formula is C26H30N2O5. The van der Waals surface area contributed by atoms with Crippen molar-refractivity contribution in [3.05, 3.63) is 71.3 Å². The molecule has 0 saturated heterocycles.